The summed E-state index contributed by atoms with van der Waals surface area (Å²) < 4.78 is 5.67. The van der Waals surface area contributed by atoms with Crippen molar-refractivity contribution in [2.24, 2.45) is 5.92 Å². The SMILES string of the molecule is CC(C)CCOc1ccc(C(=O)N2CCCCC2)cc1. The number of piperidine rings is 1. The van der Waals surface area contributed by atoms with Crippen LogP contribution in [0.3, 0.4) is 0 Å². The molecule has 1 fully saturated rings. The van der Waals surface area contributed by atoms with E-state index in [1.807, 2.05) is 29.2 Å². The maximum absolute atomic E-state index is 12.3. The number of likely N-dealkylation sites (tertiary alicyclic amines) is 1. The number of rotatable bonds is 5. The van der Waals surface area contributed by atoms with Gasteiger partial charge in [-0.05, 0) is 55.9 Å². The van der Waals surface area contributed by atoms with Gasteiger partial charge < -0.3 is 9.64 Å². The fraction of sp³-hybridized carbons (Fsp3) is 0.588. The Kier molecular flexibility index (Phi) is 5.45. The normalized spacial score (nSPS) is 15.4. The number of hydrogen-bond donors (Lipinski definition) is 0. The van der Waals surface area contributed by atoms with Gasteiger partial charge in [-0.1, -0.05) is 13.8 Å². The van der Waals surface area contributed by atoms with Crippen molar-refractivity contribution in [1.82, 2.24) is 4.90 Å². The van der Waals surface area contributed by atoms with Crippen molar-refractivity contribution in [3.05, 3.63) is 29.8 Å². The topological polar surface area (TPSA) is 29.5 Å². The Labute approximate surface area is 121 Å². The Bertz CT molecular complexity index is 419. The summed E-state index contributed by atoms with van der Waals surface area (Å²) >= 11 is 0. The zero-order valence-corrected chi connectivity index (χ0v) is 12.6. The van der Waals surface area contributed by atoms with Crippen molar-refractivity contribution in [1.29, 1.82) is 0 Å². The molecule has 3 heteroatoms. The van der Waals surface area contributed by atoms with Crippen LogP contribution in [-0.4, -0.2) is 30.5 Å². The number of ether oxygens (including phenoxy) is 1. The van der Waals surface area contributed by atoms with Gasteiger partial charge in [-0.3, -0.25) is 4.79 Å². The molecule has 1 aliphatic rings. The van der Waals surface area contributed by atoms with Crippen LogP contribution in [0, 0.1) is 5.92 Å². The average molecular weight is 275 g/mol. The molecule has 0 spiro atoms. The largest absolute Gasteiger partial charge is 0.494 e. The molecule has 0 aliphatic carbocycles. The van der Waals surface area contributed by atoms with Crippen LogP contribution in [-0.2, 0) is 0 Å². The van der Waals surface area contributed by atoms with E-state index in [1.54, 1.807) is 0 Å². The minimum Gasteiger partial charge on any atom is -0.494 e. The molecule has 20 heavy (non-hydrogen) atoms. The lowest BCUT2D eigenvalue weighted by Gasteiger charge is -2.26. The Morgan fingerprint density at radius 2 is 1.80 bits per heavy atom. The fourth-order valence-electron chi connectivity index (χ4n) is 2.39. The molecule has 3 nitrogen and oxygen atoms in total. The standard InChI is InChI=1S/C17H25NO2/c1-14(2)10-13-20-16-8-6-15(7-9-16)17(19)18-11-4-3-5-12-18/h6-9,14H,3-5,10-13H2,1-2H3. The smallest absolute Gasteiger partial charge is 0.253 e. The van der Waals surface area contributed by atoms with Gasteiger partial charge in [-0.15, -0.1) is 0 Å². The van der Waals surface area contributed by atoms with Crippen LogP contribution < -0.4 is 4.74 Å². The van der Waals surface area contributed by atoms with Gasteiger partial charge in [-0.2, -0.15) is 0 Å². The maximum atomic E-state index is 12.3. The number of nitrogens with zero attached hydrogens (tertiary/aromatic N) is 1. The van der Waals surface area contributed by atoms with Gasteiger partial charge >= 0.3 is 0 Å². The van der Waals surface area contributed by atoms with Crippen LogP contribution >= 0.6 is 0 Å². The van der Waals surface area contributed by atoms with Crippen LogP contribution in [0.2, 0.25) is 0 Å². The van der Waals surface area contributed by atoms with Gasteiger partial charge in [0.15, 0.2) is 0 Å². The van der Waals surface area contributed by atoms with Gasteiger partial charge in [0.2, 0.25) is 0 Å². The first-order chi connectivity index (χ1) is 9.66. The molecular weight excluding hydrogens is 250 g/mol. The molecule has 0 saturated carbocycles. The quantitative estimate of drug-likeness (QED) is 0.819. The summed E-state index contributed by atoms with van der Waals surface area (Å²) in [5.74, 6) is 1.65. The molecule has 0 aromatic heterocycles. The first-order valence-electron chi connectivity index (χ1n) is 7.69. The van der Waals surface area contributed by atoms with Crippen LogP contribution in [0.5, 0.6) is 5.75 Å². The second kappa shape index (κ2) is 7.32. The highest BCUT2D eigenvalue weighted by molar-refractivity contribution is 5.94. The Morgan fingerprint density at radius 1 is 1.15 bits per heavy atom. The first-order valence-corrected chi connectivity index (χ1v) is 7.69. The minimum absolute atomic E-state index is 0.151. The van der Waals surface area contributed by atoms with Gasteiger partial charge in [0.25, 0.3) is 5.91 Å². The minimum atomic E-state index is 0.151. The molecule has 0 atom stereocenters. The lowest BCUT2D eigenvalue weighted by Crippen LogP contribution is -2.35. The van der Waals surface area contributed by atoms with E-state index in [0.29, 0.717) is 5.92 Å². The van der Waals surface area contributed by atoms with Crippen molar-refractivity contribution >= 4 is 5.91 Å². The van der Waals surface area contributed by atoms with Crippen molar-refractivity contribution in [3.8, 4) is 5.75 Å². The van der Waals surface area contributed by atoms with Crippen molar-refractivity contribution < 1.29 is 9.53 Å². The summed E-state index contributed by atoms with van der Waals surface area (Å²) in [5, 5.41) is 0. The number of amides is 1. The predicted octanol–water partition coefficient (Wildman–Crippen LogP) is 3.74. The molecule has 1 aromatic rings. The van der Waals surface area contributed by atoms with E-state index in [1.165, 1.54) is 6.42 Å². The van der Waals surface area contributed by atoms with E-state index in [2.05, 4.69) is 13.8 Å². The highest BCUT2D eigenvalue weighted by Crippen LogP contribution is 2.17. The Hall–Kier alpha value is -1.51. The van der Waals surface area contributed by atoms with Gasteiger partial charge in [-0.25, -0.2) is 0 Å². The van der Waals surface area contributed by atoms with Gasteiger partial charge in [0, 0.05) is 18.7 Å². The summed E-state index contributed by atoms with van der Waals surface area (Å²) in [6, 6.07) is 7.55. The first kappa shape index (κ1) is 14.9. The number of carbonyl (C=O) groups is 1. The monoisotopic (exact) mass is 275 g/mol. The zero-order chi connectivity index (χ0) is 14.4. The molecule has 1 aromatic carbocycles. The molecule has 110 valence electrons. The van der Waals surface area contributed by atoms with Crippen LogP contribution in [0.4, 0.5) is 0 Å². The Balaban J connectivity index is 1.88. The zero-order valence-electron chi connectivity index (χ0n) is 12.6. The highest BCUT2D eigenvalue weighted by atomic mass is 16.5. The molecule has 0 N–H and O–H groups in total. The van der Waals surface area contributed by atoms with E-state index < -0.39 is 0 Å². The number of benzene rings is 1. The fourth-order valence-corrected chi connectivity index (χ4v) is 2.39. The average Bonchev–Trinajstić information content (AvgIpc) is 2.48. The van der Waals surface area contributed by atoms with Crippen LogP contribution in [0.25, 0.3) is 0 Å². The summed E-state index contributed by atoms with van der Waals surface area (Å²) in [6.07, 6.45) is 4.55. The molecule has 0 radical (unpaired) electrons. The van der Waals surface area contributed by atoms with Crippen molar-refractivity contribution in [3.63, 3.8) is 0 Å². The third-order valence-electron chi connectivity index (χ3n) is 3.71. The van der Waals surface area contributed by atoms with Gasteiger partial charge in [0.1, 0.15) is 5.75 Å². The molecular formula is C17H25NO2. The van der Waals surface area contributed by atoms with Gasteiger partial charge in [0.05, 0.1) is 6.61 Å². The van der Waals surface area contributed by atoms with E-state index in [4.69, 9.17) is 4.74 Å². The molecule has 0 unspecified atom stereocenters. The second-order valence-corrected chi connectivity index (χ2v) is 5.91. The van der Waals surface area contributed by atoms with Crippen molar-refractivity contribution in [2.75, 3.05) is 19.7 Å². The summed E-state index contributed by atoms with van der Waals surface area (Å²) in [4.78, 5) is 14.3. The van der Waals surface area contributed by atoms with E-state index in [0.717, 1.165) is 50.3 Å². The van der Waals surface area contributed by atoms with E-state index in [9.17, 15) is 4.79 Å². The molecule has 1 saturated heterocycles. The van der Waals surface area contributed by atoms with E-state index in [-0.39, 0.29) is 5.91 Å². The molecule has 1 heterocycles. The lowest BCUT2D eigenvalue weighted by atomic mass is 10.1. The molecule has 1 aliphatic heterocycles. The third kappa shape index (κ3) is 4.26. The predicted molar refractivity (Wildman–Crippen MR) is 81.1 cm³/mol. The lowest BCUT2D eigenvalue weighted by molar-refractivity contribution is 0.0724. The second-order valence-electron chi connectivity index (χ2n) is 5.91. The van der Waals surface area contributed by atoms with E-state index >= 15 is 0 Å². The van der Waals surface area contributed by atoms with Crippen molar-refractivity contribution in [2.45, 2.75) is 39.5 Å². The third-order valence-corrected chi connectivity index (χ3v) is 3.71. The Morgan fingerprint density at radius 3 is 2.40 bits per heavy atom. The molecule has 1 amide bonds. The van der Waals surface area contributed by atoms with Crippen LogP contribution in [0.15, 0.2) is 24.3 Å². The summed E-state index contributed by atoms with van der Waals surface area (Å²) in [5.41, 5.74) is 0.767. The maximum Gasteiger partial charge on any atom is 0.253 e. The summed E-state index contributed by atoms with van der Waals surface area (Å²) in [7, 11) is 0. The number of hydrogen-bond acceptors (Lipinski definition) is 2. The molecule has 2 rings (SSSR count). The highest BCUT2D eigenvalue weighted by Gasteiger charge is 2.17. The number of carbonyl (C=O) groups excluding carboxylic acids is 1. The summed E-state index contributed by atoms with van der Waals surface area (Å²) in [6.45, 7) is 6.89. The molecule has 0 bridgehead atoms. The van der Waals surface area contributed by atoms with Crippen LogP contribution in [0.1, 0.15) is 49.9 Å².